The molecule has 0 amide bonds. The van der Waals surface area contributed by atoms with Crippen LogP contribution >= 0.6 is 24.0 Å². The van der Waals surface area contributed by atoms with Crippen LogP contribution in [0.2, 0.25) is 0 Å². The molecular formula is C15H31IN6O2. The quantitative estimate of drug-likeness (QED) is 0.235. The van der Waals surface area contributed by atoms with Crippen LogP contribution in [0.4, 0.5) is 0 Å². The highest BCUT2D eigenvalue weighted by Gasteiger charge is 2.09. The van der Waals surface area contributed by atoms with Crippen molar-refractivity contribution >= 4 is 29.9 Å². The number of aryl methyl sites for hydroxylation is 1. The van der Waals surface area contributed by atoms with Crippen molar-refractivity contribution < 1.29 is 9.47 Å². The largest absolute Gasteiger partial charge is 0.379 e. The van der Waals surface area contributed by atoms with E-state index < -0.39 is 0 Å². The Hall–Kier alpha value is -0.940. The summed E-state index contributed by atoms with van der Waals surface area (Å²) in [5, 5.41) is 7.33. The van der Waals surface area contributed by atoms with Gasteiger partial charge in [0.05, 0.1) is 26.4 Å². The van der Waals surface area contributed by atoms with Crippen LogP contribution in [0.15, 0.2) is 11.3 Å². The van der Waals surface area contributed by atoms with E-state index in [1.54, 1.807) is 18.1 Å². The molecular weight excluding hydrogens is 423 g/mol. The van der Waals surface area contributed by atoms with E-state index in [1.165, 1.54) is 0 Å². The van der Waals surface area contributed by atoms with Crippen LogP contribution in [0.5, 0.6) is 0 Å². The van der Waals surface area contributed by atoms with Crippen molar-refractivity contribution in [2.45, 2.75) is 26.3 Å². The molecule has 0 fully saturated rings. The van der Waals surface area contributed by atoms with Gasteiger partial charge in [0, 0.05) is 34.3 Å². The number of ether oxygens (including phenoxy) is 2. The Labute approximate surface area is 162 Å². The number of aromatic nitrogens is 3. The fourth-order valence-electron chi connectivity index (χ4n) is 1.94. The Kier molecular flexibility index (Phi) is 13.8. The Morgan fingerprint density at radius 1 is 1.29 bits per heavy atom. The number of rotatable bonds is 11. The Morgan fingerprint density at radius 3 is 2.58 bits per heavy atom. The summed E-state index contributed by atoms with van der Waals surface area (Å²) in [4.78, 5) is 10.5. The van der Waals surface area contributed by atoms with E-state index in [-0.39, 0.29) is 24.0 Å². The van der Waals surface area contributed by atoms with Crippen LogP contribution in [0.1, 0.15) is 25.6 Å². The van der Waals surface area contributed by atoms with Gasteiger partial charge in [-0.15, -0.1) is 24.0 Å². The summed E-state index contributed by atoms with van der Waals surface area (Å²) in [7, 11) is 5.60. The van der Waals surface area contributed by atoms with E-state index in [2.05, 4.69) is 27.3 Å². The first kappa shape index (κ1) is 23.1. The first-order valence-electron chi connectivity index (χ1n) is 8.09. The molecule has 1 heterocycles. The molecule has 0 unspecified atom stereocenters. The normalized spacial score (nSPS) is 11.2. The van der Waals surface area contributed by atoms with Crippen LogP contribution in [-0.4, -0.2) is 72.7 Å². The number of unbranched alkanes of at least 4 members (excludes halogenated alkanes) is 1. The predicted octanol–water partition coefficient (Wildman–Crippen LogP) is 1.27. The summed E-state index contributed by atoms with van der Waals surface area (Å²) in [6.45, 7) is 6.21. The minimum atomic E-state index is 0. The molecule has 9 heteroatoms. The molecule has 140 valence electrons. The highest BCUT2D eigenvalue weighted by Crippen LogP contribution is 1.97. The van der Waals surface area contributed by atoms with Gasteiger partial charge in [0.25, 0.3) is 0 Å². The molecule has 0 spiro atoms. The van der Waals surface area contributed by atoms with Crippen LogP contribution < -0.4 is 5.32 Å². The number of nitrogens with one attached hydrogen (secondary N) is 1. The fraction of sp³-hybridized carbons (Fsp3) is 0.800. The minimum absolute atomic E-state index is 0. The molecule has 24 heavy (non-hydrogen) atoms. The molecule has 0 atom stereocenters. The molecule has 0 aliphatic carbocycles. The van der Waals surface area contributed by atoms with E-state index >= 15 is 0 Å². The second kappa shape index (κ2) is 14.4. The van der Waals surface area contributed by atoms with Crippen LogP contribution in [-0.2, 0) is 23.1 Å². The molecule has 0 aliphatic heterocycles. The zero-order chi connectivity index (χ0) is 16.9. The zero-order valence-electron chi connectivity index (χ0n) is 15.2. The summed E-state index contributed by atoms with van der Waals surface area (Å²) in [5.74, 6) is 1.69. The molecule has 0 saturated carbocycles. The maximum absolute atomic E-state index is 5.53. The number of hydrogen-bond acceptors (Lipinski definition) is 5. The van der Waals surface area contributed by atoms with Gasteiger partial charge in [0.15, 0.2) is 5.96 Å². The van der Waals surface area contributed by atoms with Crippen molar-refractivity contribution in [3.05, 3.63) is 12.2 Å². The van der Waals surface area contributed by atoms with Gasteiger partial charge in [0.1, 0.15) is 12.2 Å². The molecule has 0 radical (unpaired) electrons. The van der Waals surface area contributed by atoms with Crippen molar-refractivity contribution in [1.29, 1.82) is 0 Å². The Bertz CT molecular complexity index is 455. The molecule has 8 nitrogen and oxygen atoms in total. The first-order chi connectivity index (χ1) is 11.2. The maximum Gasteiger partial charge on any atom is 0.193 e. The summed E-state index contributed by atoms with van der Waals surface area (Å²) < 4.78 is 12.7. The number of nitrogens with zero attached hydrogens (tertiary/aromatic N) is 5. The van der Waals surface area contributed by atoms with Crippen molar-refractivity contribution in [2.24, 2.45) is 12.0 Å². The van der Waals surface area contributed by atoms with Gasteiger partial charge in [-0.1, -0.05) is 13.3 Å². The Balaban J connectivity index is 0.00000529. The number of aliphatic imine (C=N–C) groups is 1. The third kappa shape index (κ3) is 9.38. The van der Waals surface area contributed by atoms with Crippen LogP contribution in [0, 0.1) is 0 Å². The first-order valence-corrected chi connectivity index (χ1v) is 8.09. The number of guanidine groups is 1. The van der Waals surface area contributed by atoms with E-state index in [4.69, 9.17) is 9.47 Å². The highest BCUT2D eigenvalue weighted by atomic mass is 127. The molecule has 0 aromatic carbocycles. The lowest BCUT2D eigenvalue weighted by Gasteiger charge is -2.21. The molecule has 1 aromatic rings. The topological polar surface area (TPSA) is 76.8 Å². The van der Waals surface area contributed by atoms with Gasteiger partial charge in [-0.3, -0.25) is 9.67 Å². The number of hydrogen-bond donors (Lipinski definition) is 1. The van der Waals surface area contributed by atoms with Crippen molar-refractivity contribution in [3.8, 4) is 0 Å². The Morgan fingerprint density at radius 2 is 2.00 bits per heavy atom. The SMILES string of the molecule is CCCCOCCOCCNC(=NC)N(C)Cc1ncnn1C.I. The lowest BCUT2D eigenvalue weighted by Crippen LogP contribution is -2.40. The average molecular weight is 454 g/mol. The van der Waals surface area contributed by atoms with Crippen LogP contribution in [0.25, 0.3) is 0 Å². The van der Waals surface area contributed by atoms with Gasteiger partial charge in [-0.25, -0.2) is 4.98 Å². The van der Waals surface area contributed by atoms with Gasteiger partial charge in [-0.2, -0.15) is 5.10 Å². The predicted molar refractivity (Wildman–Crippen MR) is 106 cm³/mol. The van der Waals surface area contributed by atoms with Crippen molar-refractivity contribution in [1.82, 2.24) is 25.0 Å². The maximum atomic E-state index is 5.53. The zero-order valence-corrected chi connectivity index (χ0v) is 17.5. The van der Waals surface area contributed by atoms with Crippen molar-refractivity contribution in [2.75, 3.05) is 47.1 Å². The highest BCUT2D eigenvalue weighted by molar-refractivity contribution is 14.0. The third-order valence-electron chi connectivity index (χ3n) is 3.30. The summed E-state index contributed by atoms with van der Waals surface area (Å²) in [6, 6.07) is 0. The summed E-state index contributed by atoms with van der Waals surface area (Å²) in [6.07, 6.45) is 3.82. The number of halogens is 1. The third-order valence-corrected chi connectivity index (χ3v) is 3.30. The molecule has 0 saturated heterocycles. The smallest absolute Gasteiger partial charge is 0.193 e. The van der Waals surface area contributed by atoms with E-state index in [0.717, 1.165) is 31.2 Å². The molecule has 0 bridgehead atoms. The van der Waals surface area contributed by atoms with Gasteiger partial charge in [-0.05, 0) is 6.42 Å². The molecule has 0 aliphatic rings. The van der Waals surface area contributed by atoms with Crippen LogP contribution in [0.3, 0.4) is 0 Å². The van der Waals surface area contributed by atoms with E-state index in [9.17, 15) is 0 Å². The van der Waals surface area contributed by atoms with Gasteiger partial charge in [0.2, 0.25) is 0 Å². The van der Waals surface area contributed by atoms with Crippen molar-refractivity contribution in [3.63, 3.8) is 0 Å². The second-order valence-electron chi connectivity index (χ2n) is 5.21. The van der Waals surface area contributed by atoms with E-state index in [0.29, 0.717) is 32.9 Å². The minimum Gasteiger partial charge on any atom is -0.379 e. The van der Waals surface area contributed by atoms with E-state index in [1.807, 2.05) is 19.0 Å². The molecule has 1 aromatic heterocycles. The summed E-state index contributed by atoms with van der Waals surface area (Å²) in [5.41, 5.74) is 0. The monoisotopic (exact) mass is 454 g/mol. The lowest BCUT2D eigenvalue weighted by atomic mass is 10.4. The molecule has 1 N–H and O–H groups in total. The second-order valence-corrected chi connectivity index (χ2v) is 5.21. The lowest BCUT2D eigenvalue weighted by molar-refractivity contribution is 0.0486. The fourth-order valence-corrected chi connectivity index (χ4v) is 1.94. The standard InChI is InChI=1S/C15H30N6O2.HI/c1-5-6-8-22-10-11-23-9-7-17-15(16-2)20(3)12-14-18-13-19-21(14)4;/h13H,5-12H2,1-4H3,(H,16,17);1H. The summed E-state index contributed by atoms with van der Waals surface area (Å²) >= 11 is 0. The average Bonchev–Trinajstić information content (AvgIpc) is 2.94. The molecule has 1 rings (SSSR count). The van der Waals surface area contributed by atoms with Gasteiger partial charge < -0.3 is 19.7 Å². The van der Waals surface area contributed by atoms with Gasteiger partial charge >= 0.3 is 0 Å².